The topological polar surface area (TPSA) is 26.0 Å². The van der Waals surface area contributed by atoms with Gasteiger partial charge in [0.15, 0.2) is 0 Å². The fourth-order valence-electron chi connectivity index (χ4n) is 1.98. The molecule has 0 spiro atoms. The summed E-state index contributed by atoms with van der Waals surface area (Å²) in [6.07, 6.45) is 6.73. The smallest absolute Gasteiger partial charge is 0.0178 e. The van der Waals surface area contributed by atoms with Crippen molar-refractivity contribution >= 4 is 15.9 Å². The molecule has 0 radical (unpaired) electrons. The molecule has 1 aromatic rings. The second kappa shape index (κ2) is 4.95. The molecule has 1 unspecified atom stereocenters. The Morgan fingerprint density at radius 3 is 2.93 bits per heavy atom. The average molecular weight is 266 g/mol. The van der Waals surface area contributed by atoms with Gasteiger partial charge >= 0.3 is 0 Å². The molecule has 0 saturated heterocycles. The number of hydrogen-bond donors (Lipinski definition) is 1. The summed E-state index contributed by atoms with van der Waals surface area (Å²) in [6.45, 7) is 0. The average Bonchev–Trinajstić information content (AvgIpc) is 2.22. The van der Waals surface area contributed by atoms with Crippen molar-refractivity contribution in [1.29, 1.82) is 0 Å². The first kappa shape index (κ1) is 10.9. The van der Waals surface area contributed by atoms with E-state index >= 15 is 0 Å². The zero-order valence-electron chi connectivity index (χ0n) is 8.75. The Morgan fingerprint density at radius 2 is 2.27 bits per heavy atom. The lowest BCUT2D eigenvalue weighted by Crippen LogP contribution is -2.22. The Morgan fingerprint density at radius 1 is 1.40 bits per heavy atom. The second-order valence-corrected chi connectivity index (χ2v) is 5.12. The van der Waals surface area contributed by atoms with Crippen molar-refractivity contribution in [1.82, 2.24) is 0 Å². The largest absolute Gasteiger partial charge is 0.327 e. The first-order chi connectivity index (χ1) is 7.24. The molecule has 2 N–H and O–H groups in total. The maximum Gasteiger partial charge on any atom is 0.0178 e. The van der Waals surface area contributed by atoms with Gasteiger partial charge in [-0.1, -0.05) is 39.7 Å². The normalized spacial score (nSPS) is 21.2. The quantitative estimate of drug-likeness (QED) is 0.815. The molecule has 1 aromatic carbocycles. The van der Waals surface area contributed by atoms with Crippen molar-refractivity contribution < 1.29 is 0 Å². The fraction of sp³-hybridized carbons (Fsp3) is 0.385. The number of allylic oxidation sites excluding steroid dienone is 1. The van der Waals surface area contributed by atoms with Crippen LogP contribution in [0.15, 0.2) is 40.4 Å². The van der Waals surface area contributed by atoms with Gasteiger partial charge in [-0.25, -0.2) is 0 Å². The molecular weight excluding hydrogens is 250 g/mol. The number of rotatable bonds is 2. The van der Waals surface area contributed by atoms with Crippen LogP contribution in [0.3, 0.4) is 0 Å². The number of hydrogen-bond acceptors (Lipinski definition) is 1. The van der Waals surface area contributed by atoms with Crippen molar-refractivity contribution in [2.24, 2.45) is 5.73 Å². The van der Waals surface area contributed by atoms with E-state index in [1.807, 2.05) is 0 Å². The summed E-state index contributed by atoms with van der Waals surface area (Å²) in [4.78, 5) is 0. The molecule has 1 nitrogen and oxygen atoms in total. The summed E-state index contributed by atoms with van der Waals surface area (Å²) in [5, 5.41) is 0. The lowest BCUT2D eigenvalue weighted by Gasteiger charge is -2.18. The van der Waals surface area contributed by atoms with Crippen LogP contribution in [0.25, 0.3) is 0 Å². The van der Waals surface area contributed by atoms with Gasteiger partial charge in [0, 0.05) is 10.5 Å². The number of halogens is 1. The van der Waals surface area contributed by atoms with Crippen molar-refractivity contribution in [3.63, 3.8) is 0 Å². The minimum absolute atomic E-state index is 0.385. The minimum Gasteiger partial charge on any atom is -0.327 e. The van der Waals surface area contributed by atoms with Gasteiger partial charge in [0.2, 0.25) is 0 Å². The highest BCUT2D eigenvalue weighted by molar-refractivity contribution is 9.10. The summed E-state index contributed by atoms with van der Waals surface area (Å²) < 4.78 is 1.16. The molecule has 2 heteroatoms. The van der Waals surface area contributed by atoms with Crippen LogP contribution in [0.4, 0.5) is 0 Å². The number of nitrogens with two attached hydrogens (primary N) is 1. The van der Waals surface area contributed by atoms with Gasteiger partial charge in [-0.15, -0.1) is 0 Å². The van der Waals surface area contributed by atoms with E-state index in [9.17, 15) is 0 Å². The van der Waals surface area contributed by atoms with Crippen LogP contribution in [0.5, 0.6) is 0 Å². The van der Waals surface area contributed by atoms with Gasteiger partial charge in [0.05, 0.1) is 0 Å². The van der Waals surface area contributed by atoms with Gasteiger partial charge in [-0.05, 0) is 43.4 Å². The lowest BCUT2D eigenvalue weighted by atomic mass is 9.92. The molecule has 0 amide bonds. The number of benzene rings is 1. The predicted octanol–water partition coefficient (Wildman–Crippen LogP) is 3.43. The summed E-state index contributed by atoms with van der Waals surface area (Å²) in [5.74, 6) is 0. The molecule has 15 heavy (non-hydrogen) atoms. The first-order valence-electron chi connectivity index (χ1n) is 5.42. The Kier molecular flexibility index (Phi) is 3.60. The van der Waals surface area contributed by atoms with Gasteiger partial charge in [0.25, 0.3) is 0 Å². The fourth-order valence-corrected chi connectivity index (χ4v) is 2.43. The molecule has 1 atom stereocenters. The molecule has 0 fully saturated rings. The maximum atomic E-state index is 5.86. The van der Waals surface area contributed by atoms with E-state index in [0.717, 1.165) is 30.2 Å². The summed E-state index contributed by atoms with van der Waals surface area (Å²) in [7, 11) is 0. The van der Waals surface area contributed by atoms with Gasteiger partial charge in [0.1, 0.15) is 0 Å². The van der Waals surface area contributed by atoms with Gasteiger partial charge in [-0.2, -0.15) is 0 Å². The van der Waals surface area contributed by atoms with Crippen LogP contribution < -0.4 is 5.73 Å². The SMILES string of the molecule is NC1CC=C(Cc2cccc(Br)c2)CC1. The third kappa shape index (κ3) is 3.18. The maximum absolute atomic E-state index is 5.86. The van der Waals surface area contributed by atoms with E-state index in [4.69, 9.17) is 5.73 Å². The molecule has 1 aliphatic carbocycles. The zero-order valence-corrected chi connectivity index (χ0v) is 10.3. The van der Waals surface area contributed by atoms with Crippen molar-refractivity contribution in [3.8, 4) is 0 Å². The standard InChI is InChI=1S/C13H16BrN/c14-12-3-1-2-11(9-12)8-10-4-6-13(15)7-5-10/h1-4,9,13H,5-8,15H2. The Balaban J connectivity index is 2.03. The van der Waals surface area contributed by atoms with Crippen LogP contribution in [0.1, 0.15) is 24.8 Å². The van der Waals surface area contributed by atoms with Crippen LogP contribution in [-0.2, 0) is 6.42 Å². The van der Waals surface area contributed by atoms with Crippen LogP contribution in [-0.4, -0.2) is 6.04 Å². The van der Waals surface area contributed by atoms with E-state index in [-0.39, 0.29) is 0 Å². The van der Waals surface area contributed by atoms with Crippen molar-refractivity contribution in [3.05, 3.63) is 46.0 Å². The van der Waals surface area contributed by atoms with Crippen molar-refractivity contribution in [2.75, 3.05) is 0 Å². The van der Waals surface area contributed by atoms with Crippen LogP contribution >= 0.6 is 15.9 Å². The van der Waals surface area contributed by atoms with E-state index in [2.05, 4.69) is 46.3 Å². The molecule has 0 heterocycles. The van der Waals surface area contributed by atoms with E-state index in [1.54, 1.807) is 0 Å². The van der Waals surface area contributed by atoms with Crippen LogP contribution in [0, 0.1) is 0 Å². The third-order valence-electron chi connectivity index (χ3n) is 2.87. The second-order valence-electron chi connectivity index (χ2n) is 4.20. The van der Waals surface area contributed by atoms with Gasteiger partial charge in [-0.3, -0.25) is 0 Å². The highest BCUT2D eigenvalue weighted by atomic mass is 79.9. The molecule has 0 aliphatic heterocycles. The lowest BCUT2D eigenvalue weighted by molar-refractivity contribution is 0.583. The zero-order chi connectivity index (χ0) is 10.7. The summed E-state index contributed by atoms with van der Waals surface area (Å²) in [5.41, 5.74) is 8.78. The Hall–Kier alpha value is -0.600. The summed E-state index contributed by atoms with van der Waals surface area (Å²) >= 11 is 3.50. The minimum atomic E-state index is 0.385. The highest BCUT2D eigenvalue weighted by Crippen LogP contribution is 2.22. The Labute approximate surface area is 99.5 Å². The molecule has 0 bridgehead atoms. The van der Waals surface area contributed by atoms with E-state index in [1.165, 1.54) is 11.1 Å². The molecular formula is C13H16BrN. The molecule has 2 rings (SSSR count). The Bertz CT molecular complexity index is 371. The molecule has 0 aromatic heterocycles. The summed E-state index contributed by atoms with van der Waals surface area (Å²) in [6, 6.07) is 8.91. The van der Waals surface area contributed by atoms with E-state index < -0.39 is 0 Å². The van der Waals surface area contributed by atoms with Crippen molar-refractivity contribution in [2.45, 2.75) is 31.7 Å². The first-order valence-corrected chi connectivity index (χ1v) is 6.21. The molecule has 1 aliphatic rings. The molecule has 80 valence electrons. The van der Waals surface area contributed by atoms with Gasteiger partial charge < -0.3 is 5.73 Å². The molecule has 0 saturated carbocycles. The van der Waals surface area contributed by atoms with Crippen LogP contribution in [0.2, 0.25) is 0 Å². The highest BCUT2D eigenvalue weighted by Gasteiger charge is 2.10. The monoisotopic (exact) mass is 265 g/mol. The van der Waals surface area contributed by atoms with E-state index in [0.29, 0.717) is 6.04 Å². The predicted molar refractivity (Wildman–Crippen MR) is 67.8 cm³/mol. The third-order valence-corrected chi connectivity index (χ3v) is 3.36.